The molecule has 2 aromatic carbocycles. The van der Waals surface area contributed by atoms with Gasteiger partial charge in [0.2, 0.25) is 5.78 Å². The maximum atomic E-state index is 11.9. The van der Waals surface area contributed by atoms with Crippen LogP contribution < -0.4 is 0 Å². The molecule has 0 spiro atoms. The van der Waals surface area contributed by atoms with Crippen molar-refractivity contribution in [2.45, 2.75) is 0 Å². The van der Waals surface area contributed by atoms with Crippen molar-refractivity contribution < 1.29 is 9.90 Å². The number of hydrogen-bond donors (Lipinski definition) is 1. The summed E-state index contributed by atoms with van der Waals surface area (Å²) in [6.45, 7) is 3.67. The number of aromatic hydroxyl groups is 1. The maximum absolute atomic E-state index is 11.9. The zero-order valence-electron chi connectivity index (χ0n) is 10.4. The Balaban J connectivity index is 2.12. The number of Topliss-reactive ketones (excluding diaryl/α,β-unsaturated/α-hetero) is 1. The smallest absolute Gasteiger partial charge is 0.201 e. The minimum atomic E-state index is -0.160. The molecule has 20 heavy (non-hydrogen) atoms. The minimum absolute atomic E-state index is 0.160. The molecule has 0 aromatic heterocycles. The summed E-state index contributed by atoms with van der Waals surface area (Å²) >= 11 is 6.28. The van der Waals surface area contributed by atoms with Gasteiger partial charge in [-0.2, -0.15) is 0 Å². The van der Waals surface area contributed by atoms with Crippen molar-refractivity contribution >= 4 is 50.8 Å². The molecule has 98 valence electrons. The van der Waals surface area contributed by atoms with Crippen molar-refractivity contribution in [2.75, 3.05) is 0 Å². The Morgan fingerprint density at radius 3 is 2.65 bits per heavy atom. The van der Waals surface area contributed by atoms with Crippen LogP contribution in [0, 0.1) is 0 Å². The third kappa shape index (κ3) is 2.07. The predicted molar refractivity (Wildman–Crippen MR) is 87.9 cm³/mol. The highest BCUT2D eigenvalue weighted by molar-refractivity contribution is 8.27. The van der Waals surface area contributed by atoms with E-state index in [0.717, 1.165) is 10.8 Å². The Kier molecular flexibility index (Phi) is 3.20. The molecule has 0 bridgehead atoms. The van der Waals surface area contributed by atoms with Gasteiger partial charge in [0, 0.05) is 16.5 Å². The third-order valence-corrected chi connectivity index (χ3v) is 4.62. The molecule has 1 aliphatic rings. The predicted octanol–water partition coefficient (Wildman–Crippen LogP) is 4.09. The van der Waals surface area contributed by atoms with Crippen LogP contribution in [0.3, 0.4) is 0 Å². The summed E-state index contributed by atoms with van der Waals surface area (Å²) in [5.74, 6) is 0.0139. The van der Waals surface area contributed by atoms with Gasteiger partial charge in [0.15, 0.2) is 0 Å². The minimum Gasteiger partial charge on any atom is -0.507 e. The molecule has 3 rings (SSSR count). The summed E-state index contributed by atoms with van der Waals surface area (Å²) in [5, 5.41) is 12.0. The lowest BCUT2D eigenvalue weighted by molar-refractivity contribution is -0.110. The molecule has 2 nitrogen and oxygen atoms in total. The number of fused-ring (bicyclic) bond motifs is 1. The molecule has 4 heteroatoms. The first-order valence-corrected chi connectivity index (χ1v) is 7.18. The monoisotopic (exact) mass is 298 g/mol. The molecule has 1 fully saturated rings. The van der Waals surface area contributed by atoms with Gasteiger partial charge in [-0.3, -0.25) is 4.79 Å². The van der Waals surface area contributed by atoms with E-state index in [1.54, 1.807) is 12.1 Å². The summed E-state index contributed by atoms with van der Waals surface area (Å²) in [7, 11) is 0. The van der Waals surface area contributed by atoms with E-state index in [1.807, 2.05) is 30.3 Å². The number of benzene rings is 2. The average molecular weight is 298 g/mol. The van der Waals surface area contributed by atoms with Gasteiger partial charge in [-0.1, -0.05) is 67.0 Å². The van der Waals surface area contributed by atoms with Crippen LogP contribution in [0.2, 0.25) is 0 Å². The first kappa shape index (κ1) is 13.1. The van der Waals surface area contributed by atoms with Crippen LogP contribution >= 0.6 is 24.0 Å². The van der Waals surface area contributed by atoms with E-state index in [-0.39, 0.29) is 11.5 Å². The number of phenolic OH excluding ortho intramolecular Hbond substituents is 1. The van der Waals surface area contributed by atoms with Crippen LogP contribution in [0.25, 0.3) is 16.8 Å². The Bertz CT molecular complexity index is 803. The zero-order chi connectivity index (χ0) is 14.3. The quantitative estimate of drug-likeness (QED) is 0.635. The largest absolute Gasteiger partial charge is 0.507 e. The second-order valence-electron chi connectivity index (χ2n) is 4.43. The fraction of sp³-hybridized carbons (Fsp3) is 0. The summed E-state index contributed by atoms with van der Waals surface area (Å²) in [6.07, 6.45) is 1.67. The molecule has 2 aromatic rings. The first-order chi connectivity index (χ1) is 9.58. The summed E-state index contributed by atoms with van der Waals surface area (Å²) in [4.78, 5) is 12.4. The van der Waals surface area contributed by atoms with E-state index in [1.165, 1.54) is 11.8 Å². The number of thioether (sulfide) groups is 1. The Hall–Kier alpha value is -1.91. The van der Waals surface area contributed by atoms with Crippen molar-refractivity contribution in [3.63, 3.8) is 0 Å². The average Bonchev–Trinajstić information content (AvgIpc) is 2.70. The maximum Gasteiger partial charge on any atom is 0.201 e. The van der Waals surface area contributed by atoms with Crippen molar-refractivity contribution in [2.24, 2.45) is 0 Å². The summed E-state index contributed by atoms with van der Waals surface area (Å²) in [6, 6.07) is 11.3. The van der Waals surface area contributed by atoms with Crippen molar-refractivity contribution in [1.82, 2.24) is 0 Å². The topological polar surface area (TPSA) is 37.3 Å². The molecule has 0 atom stereocenters. The van der Waals surface area contributed by atoms with Gasteiger partial charge >= 0.3 is 0 Å². The second kappa shape index (κ2) is 4.89. The van der Waals surface area contributed by atoms with Gasteiger partial charge in [0.05, 0.1) is 9.10 Å². The second-order valence-corrected chi connectivity index (χ2v) is 6.15. The Labute approximate surface area is 125 Å². The number of carbonyl (C=O) groups excluding carboxylic acids is 1. The first-order valence-electron chi connectivity index (χ1n) is 5.96. The molecule has 0 saturated carbocycles. The van der Waals surface area contributed by atoms with Crippen LogP contribution in [0.15, 0.2) is 53.5 Å². The molecule has 0 amide bonds. The highest BCUT2D eigenvalue weighted by Gasteiger charge is 2.27. The lowest BCUT2D eigenvalue weighted by Gasteiger charge is -2.05. The molecule has 0 unspecified atom stereocenters. The number of ketones is 1. The number of rotatable bonds is 1. The van der Waals surface area contributed by atoms with Crippen LogP contribution in [0.5, 0.6) is 5.75 Å². The van der Waals surface area contributed by atoms with E-state index >= 15 is 0 Å². The van der Waals surface area contributed by atoms with Gasteiger partial charge in [0.25, 0.3) is 0 Å². The Morgan fingerprint density at radius 2 is 1.95 bits per heavy atom. The van der Waals surface area contributed by atoms with Crippen LogP contribution in [0.4, 0.5) is 0 Å². The highest BCUT2D eigenvalue weighted by Crippen LogP contribution is 2.37. The van der Waals surface area contributed by atoms with Crippen molar-refractivity contribution in [1.29, 1.82) is 0 Å². The van der Waals surface area contributed by atoms with Crippen molar-refractivity contribution in [3.8, 4) is 5.75 Å². The van der Waals surface area contributed by atoms with Gasteiger partial charge in [-0.15, -0.1) is 0 Å². The van der Waals surface area contributed by atoms with Gasteiger partial charge in [-0.25, -0.2) is 0 Å². The number of carbonyl (C=O) groups is 1. The fourth-order valence-corrected chi connectivity index (χ4v) is 3.25. The number of allylic oxidation sites excluding steroid dienone is 1. The fourth-order valence-electron chi connectivity index (χ4n) is 2.07. The van der Waals surface area contributed by atoms with Crippen LogP contribution in [-0.2, 0) is 4.79 Å². The van der Waals surface area contributed by atoms with E-state index in [9.17, 15) is 9.90 Å². The Morgan fingerprint density at radius 1 is 1.20 bits per heavy atom. The zero-order valence-corrected chi connectivity index (χ0v) is 12.1. The van der Waals surface area contributed by atoms with E-state index in [4.69, 9.17) is 12.2 Å². The molecule has 1 aliphatic heterocycles. The normalized spacial score (nSPS) is 17.4. The van der Waals surface area contributed by atoms with E-state index < -0.39 is 0 Å². The lowest BCUT2D eigenvalue weighted by Crippen LogP contribution is -1.96. The van der Waals surface area contributed by atoms with Gasteiger partial charge < -0.3 is 5.11 Å². The summed E-state index contributed by atoms with van der Waals surface area (Å²) in [5.41, 5.74) is 0.966. The van der Waals surface area contributed by atoms with E-state index in [0.29, 0.717) is 20.2 Å². The molecular formula is C16H10O2S2. The van der Waals surface area contributed by atoms with E-state index in [2.05, 4.69) is 6.58 Å². The van der Waals surface area contributed by atoms with Crippen LogP contribution in [0.1, 0.15) is 5.56 Å². The molecule has 1 heterocycles. The molecule has 1 saturated heterocycles. The third-order valence-electron chi connectivity index (χ3n) is 3.17. The van der Waals surface area contributed by atoms with Crippen molar-refractivity contribution in [3.05, 3.63) is 59.0 Å². The molecule has 1 N–H and O–H groups in total. The lowest BCUT2D eigenvalue weighted by atomic mass is 10.0. The molecular weight excluding hydrogens is 288 g/mol. The van der Waals surface area contributed by atoms with Crippen LogP contribution in [-0.4, -0.2) is 15.1 Å². The number of hydrogen-bond acceptors (Lipinski definition) is 4. The summed E-state index contributed by atoms with van der Waals surface area (Å²) < 4.78 is 0.501. The SMILES string of the molecule is C=C1C(=O)/C(=C\c2ccc3ccccc3c2O)SC1=S. The molecule has 0 aliphatic carbocycles. The van der Waals surface area contributed by atoms with Gasteiger partial charge in [0.1, 0.15) is 5.75 Å². The molecule has 0 radical (unpaired) electrons. The number of phenols is 1. The highest BCUT2D eigenvalue weighted by atomic mass is 32.2. The number of thiocarbonyl (C=S) groups is 1. The van der Waals surface area contributed by atoms with Gasteiger partial charge in [-0.05, 0) is 11.5 Å². The standard InChI is InChI=1S/C16H10O2S2/c1-9-14(17)13(20-16(9)19)8-11-7-6-10-4-2-3-5-12(10)15(11)18/h2-8,18H,1H2/b13-8+.